The molecule has 7 heteroatoms. The van der Waals surface area contributed by atoms with Crippen molar-refractivity contribution < 1.29 is 14.0 Å². The van der Waals surface area contributed by atoms with Gasteiger partial charge in [-0.1, -0.05) is 54.3 Å². The molecule has 1 saturated heterocycles. The van der Waals surface area contributed by atoms with Crippen molar-refractivity contribution in [1.29, 1.82) is 0 Å². The smallest absolute Gasteiger partial charge is 0.257 e. The number of amides is 2. The van der Waals surface area contributed by atoms with Crippen LogP contribution in [0.1, 0.15) is 85.8 Å². The van der Waals surface area contributed by atoms with Crippen molar-refractivity contribution in [3.63, 3.8) is 0 Å². The van der Waals surface area contributed by atoms with E-state index in [0.29, 0.717) is 42.4 Å². The lowest BCUT2D eigenvalue weighted by atomic mass is 9.83. The number of halogens is 2. The van der Waals surface area contributed by atoms with Crippen molar-refractivity contribution in [1.82, 2.24) is 10.2 Å². The van der Waals surface area contributed by atoms with Gasteiger partial charge >= 0.3 is 0 Å². The van der Waals surface area contributed by atoms with Crippen molar-refractivity contribution in [2.45, 2.75) is 77.3 Å². The highest BCUT2D eigenvalue weighted by Crippen LogP contribution is 2.39. The minimum Gasteiger partial charge on any atom is -0.382 e. The molecule has 2 atom stereocenters. The molecule has 2 amide bonds. The molecule has 0 radical (unpaired) electrons. The number of hydrogen-bond acceptors (Lipinski definition) is 3. The van der Waals surface area contributed by atoms with Gasteiger partial charge in [-0.15, -0.1) is 0 Å². The van der Waals surface area contributed by atoms with Gasteiger partial charge in [0, 0.05) is 29.0 Å². The predicted molar refractivity (Wildman–Crippen MR) is 154 cm³/mol. The molecule has 3 aliphatic rings. The zero-order chi connectivity index (χ0) is 27.5. The second-order valence-electron chi connectivity index (χ2n) is 11.2. The number of nitrogens with one attached hydrogen (secondary N) is 2. The summed E-state index contributed by atoms with van der Waals surface area (Å²) < 4.78 is 14.9. The van der Waals surface area contributed by atoms with Gasteiger partial charge in [-0.2, -0.15) is 0 Å². The van der Waals surface area contributed by atoms with Gasteiger partial charge in [-0.25, -0.2) is 4.39 Å². The van der Waals surface area contributed by atoms with Gasteiger partial charge in [-0.3, -0.25) is 9.59 Å². The minimum absolute atomic E-state index is 0.0745. The van der Waals surface area contributed by atoms with Gasteiger partial charge in [0.1, 0.15) is 5.82 Å². The normalized spacial score (nSPS) is 22.1. The van der Waals surface area contributed by atoms with E-state index in [-0.39, 0.29) is 17.4 Å². The Morgan fingerprint density at radius 3 is 2.41 bits per heavy atom. The Morgan fingerprint density at radius 1 is 0.974 bits per heavy atom. The average Bonchev–Trinajstić information content (AvgIpc) is 3.44. The monoisotopic (exact) mass is 549 g/mol. The number of anilines is 1. The summed E-state index contributed by atoms with van der Waals surface area (Å²) in [7, 11) is 0. The summed E-state index contributed by atoms with van der Waals surface area (Å²) in [4.78, 5) is 29.3. The molecular formula is C32H37ClFN3O2. The quantitative estimate of drug-likeness (QED) is 0.395. The van der Waals surface area contributed by atoms with Crippen molar-refractivity contribution in [3.05, 3.63) is 87.4 Å². The first-order valence-corrected chi connectivity index (χ1v) is 14.5. The van der Waals surface area contributed by atoms with E-state index >= 15 is 0 Å². The SMILES string of the molecule is CC1=C(Cl)C=C(NC(=O)[C@@H]2CCCN(C(=O)c3c(C)cccc3F)C2c2ccc(NC3CCCC3)cc2)CC1. The van der Waals surface area contributed by atoms with Crippen LogP contribution >= 0.6 is 11.6 Å². The number of piperidine rings is 1. The Kier molecular flexibility index (Phi) is 8.41. The summed E-state index contributed by atoms with van der Waals surface area (Å²) in [5, 5.41) is 7.37. The summed E-state index contributed by atoms with van der Waals surface area (Å²) >= 11 is 6.35. The number of rotatable bonds is 6. The number of likely N-dealkylation sites (tertiary alicyclic amines) is 1. The number of carbonyl (C=O) groups is 2. The fourth-order valence-electron chi connectivity index (χ4n) is 6.18. The van der Waals surface area contributed by atoms with E-state index < -0.39 is 17.8 Å². The highest BCUT2D eigenvalue weighted by atomic mass is 35.5. The third-order valence-corrected chi connectivity index (χ3v) is 8.84. The molecule has 5 rings (SSSR count). The molecule has 5 nitrogen and oxygen atoms in total. The number of benzene rings is 2. The number of carbonyl (C=O) groups excluding carboxylic acids is 2. The lowest BCUT2D eigenvalue weighted by molar-refractivity contribution is -0.127. The third kappa shape index (κ3) is 6.06. The van der Waals surface area contributed by atoms with E-state index in [4.69, 9.17) is 11.6 Å². The second-order valence-corrected chi connectivity index (χ2v) is 11.6. The Labute approximate surface area is 235 Å². The molecule has 2 aliphatic carbocycles. The maximum Gasteiger partial charge on any atom is 0.257 e. The largest absolute Gasteiger partial charge is 0.382 e. The molecular weight excluding hydrogens is 513 g/mol. The van der Waals surface area contributed by atoms with E-state index in [2.05, 4.69) is 10.6 Å². The predicted octanol–water partition coefficient (Wildman–Crippen LogP) is 7.39. The van der Waals surface area contributed by atoms with Crippen LogP contribution in [-0.2, 0) is 4.79 Å². The van der Waals surface area contributed by atoms with Crippen LogP contribution in [0.3, 0.4) is 0 Å². The van der Waals surface area contributed by atoms with Crippen LogP contribution < -0.4 is 10.6 Å². The standard InChI is InChI=1S/C32H37ClFN3O2/c1-20-12-15-25(19-27(20)33)36-31(38)26-10-6-18-37(32(39)29-21(2)7-5-11-28(29)34)30(26)22-13-16-24(17-14-22)35-23-8-3-4-9-23/h5,7,11,13-14,16-17,19,23,26,30,35H,3-4,6,8-10,12,15,18H2,1-2H3,(H,36,38)/t26-,30?/m1/s1. The first-order chi connectivity index (χ1) is 18.8. The molecule has 206 valence electrons. The van der Waals surface area contributed by atoms with E-state index in [1.165, 1.54) is 31.7 Å². The molecule has 39 heavy (non-hydrogen) atoms. The van der Waals surface area contributed by atoms with Crippen LogP contribution in [0.15, 0.2) is 64.8 Å². The van der Waals surface area contributed by atoms with E-state index in [1.54, 1.807) is 24.0 Å². The van der Waals surface area contributed by atoms with Gasteiger partial charge in [0.2, 0.25) is 5.91 Å². The van der Waals surface area contributed by atoms with Crippen molar-refractivity contribution >= 4 is 29.1 Å². The third-order valence-electron chi connectivity index (χ3n) is 8.40. The first kappa shape index (κ1) is 27.4. The lowest BCUT2D eigenvalue weighted by Crippen LogP contribution is -2.48. The highest BCUT2D eigenvalue weighted by molar-refractivity contribution is 6.31. The Bertz CT molecular complexity index is 1280. The molecule has 2 aromatic rings. The van der Waals surface area contributed by atoms with Gasteiger partial charge in [-0.05, 0) is 87.8 Å². The molecule has 2 aromatic carbocycles. The van der Waals surface area contributed by atoms with Crippen LogP contribution in [0.4, 0.5) is 10.1 Å². The number of allylic oxidation sites excluding steroid dienone is 4. The molecule has 1 unspecified atom stereocenters. The summed E-state index contributed by atoms with van der Waals surface area (Å²) in [6.07, 6.45) is 9.47. The van der Waals surface area contributed by atoms with Crippen LogP contribution in [0.25, 0.3) is 0 Å². The molecule has 2 fully saturated rings. The Balaban J connectivity index is 1.46. The fourth-order valence-corrected chi connectivity index (χ4v) is 6.40. The lowest BCUT2D eigenvalue weighted by Gasteiger charge is -2.41. The number of nitrogens with zero attached hydrogens (tertiary/aromatic N) is 1. The molecule has 1 heterocycles. The second kappa shape index (κ2) is 12.0. The molecule has 1 aliphatic heterocycles. The molecule has 0 bridgehead atoms. The maximum atomic E-state index is 14.9. The Hall–Kier alpha value is -3.12. The minimum atomic E-state index is -0.536. The maximum absolute atomic E-state index is 14.9. The average molecular weight is 550 g/mol. The van der Waals surface area contributed by atoms with E-state index in [1.807, 2.05) is 37.3 Å². The Morgan fingerprint density at radius 2 is 1.72 bits per heavy atom. The van der Waals surface area contributed by atoms with Crippen LogP contribution in [0.5, 0.6) is 0 Å². The molecule has 0 aromatic heterocycles. The van der Waals surface area contributed by atoms with Crippen LogP contribution in [0, 0.1) is 18.7 Å². The topological polar surface area (TPSA) is 61.4 Å². The summed E-state index contributed by atoms with van der Waals surface area (Å²) in [5.41, 5.74) is 4.47. The van der Waals surface area contributed by atoms with Crippen molar-refractivity contribution in [2.75, 3.05) is 11.9 Å². The van der Waals surface area contributed by atoms with Crippen LogP contribution in [-0.4, -0.2) is 29.3 Å². The molecule has 2 N–H and O–H groups in total. The van der Waals surface area contributed by atoms with Gasteiger partial charge in [0.05, 0.1) is 17.5 Å². The zero-order valence-electron chi connectivity index (χ0n) is 22.7. The molecule has 0 spiro atoms. The van der Waals surface area contributed by atoms with E-state index in [9.17, 15) is 14.0 Å². The van der Waals surface area contributed by atoms with Crippen molar-refractivity contribution in [2.24, 2.45) is 5.92 Å². The highest BCUT2D eigenvalue weighted by Gasteiger charge is 2.40. The van der Waals surface area contributed by atoms with Gasteiger partial charge < -0.3 is 15.5 Å². The summed E-state index contributed by atoms with van der Waals surface area (Å²) in [6.45, 7) is 4.20. The summed E-state index contributed by atoms with van der Waals surface area (Å²) in [6, 6.07) is 12.7. The molecule has 1 saturated carbocycles. The fraction of sp³-hybridized carbons (Fsp3) is 0.438. The number of aryl methyl sites for hydroxylation is 1. The van der Waals surface area contributed by atoms with Crippen LogP contribution in [0.2, 0.25) is 0 Å². The summed E-state index contributed by atoms with van der Waals surface area (Å²) in [5.74, 6) is -1.52. The zero-order valence-corrected chi connectivity index (χ0v) is 23.5. The van der Waals surface area contributed by atoms with Gasteiger partial charge in [0.25, 0.3) is 5.91 Å². The number of hydrogen-bond donors (Lipinski definition) is 2. The van der Waals surface area contributed by atoms with Gasteiger partial charge in [0.15, 0.2) is 0 Å². The van der Waals surface area contributed by atoms with E-state index in [0.717, 1.165) is 28.9 Å². The van der Waals surface area contributed by atoms with Crippen molar-refractivity contribution in [3.8, 4) is 0 Å². The first-order valence-electron chi connectivity index (χ1n) is 14.1.